The van der Waals surface area contributed by atoms with Gasteiger partial charge in [-0.05, 0) is 31.6 Å². The van der Waals surface area contributed by atoms with Gasteiger partial charge in [0, 0.05) is 38.0 Å². The van der Waals surface area contributed by atoms with Crippen LogP contribution in [0.15, 0.2) is 0 Å². The van der Waals surface area contributed by atoms with E-state index in [1.807, 2.05) is 11.9 Å². The Bertz CT molecular complexity index is 568. The van der Waals surface area contributed by atoms with E-state index in [1.165, 1.54) is 6.42 Å². The second-order valence-electron chi connectivity index (χ2n) is 8.42. The molecule has 0 unspecified atom stereocenters. The van der Waals surface area contributed by atoms with Gasteiger partial charge in [0.05, 0.1) is 0 Å². The van der Waals surface area contributed by atoms with Gasteiger partial charge in [-0.1, -0.05) is 38.5 Å². The lowest BCUT2D eigenvalue weighted by molar-refractivity contribution is -0.137. The number of aromatic nitrogens is 2. The number of piperidine rings is 1. The van der Waals surface area contributed by atoms with Crippen molar-refractivity contribution in [2.24, 2.45) is 11.8 Å². The van der Waals surface area contributed by atoms with Crippen molar-refractivity contribution in [1.29, 1.82) is 0 Å². The summed E-state index contributed by atoms with van der Waals surface area (Å²) in [6.45, 7) is 9.49. The van der Waals surface area contributed by atoms with Crippen molar-refractivity contribution in [3.05, 3.63) is 5.01 Å². The molecule has 2 heterocycles. The largest absolute Gasteiger partial charge is 0.347 e. The second-order valence-corrected chi connectivity index (χ2v) is 9.37. The van der Waals surface area contributed by atoms with Crippen LogP contribution in [0.2, 0.25) is 0 Å². The molecule has 0 spiro atoms. The fourth-order valence-electron chi connectivity index (χ4n) is 3.40. The highest BCUT2D eigenvalue weighted by Crippen LogP contribution is 2.32. The summed E-state index contributed by atoms with van der Waals surface area (Å²) < 4.78 is 0. The Kier molecular flexibility index (Phi) is 5.13. The molecule has 1 aromatic rings. The van der Waals surface area contributed by atoms with Gasteiger partial charge in [0.15, 0.2) is 0 Å². The average Bonchev–Trinajstić information content (AvgIpc) is 2.96. The van der Waals surface area contributed by atoms with Crippen molar-refractivity contribution in [3.63, 3.8) is 0 Å². The van der Waals surface area contributed by atoms with Crippen LogP contribution in [0.5, 0.6) is 0 Å². The fourth-order valence-corrected chi connectivity index (χ4v) is 4.35. The first-order chi connectivity index (χ1) is 11.3. The van der Waals surface area contributed by atoms with Crippen LogP contribution in [-0.2, 0) is 10.2 Å². The molecular weight excluding hydrogens is 320 g/mol. The lowest BCUT2D eigenvalue weighted by Gasteiger charge is -2.35. The zero-order valence-electron chi connectivity index (χ0n) is 15.4. The summed E-state index contributed by atoms with van der Waals surface area (Å²) in [4.78, 5) is 16.6. The summed E-state index contributed by atoms with van der Waals surface area (Å²) in [6, 6.07) is 0. The Hall–Kier alpha value is -1.17. The molecule has 6 heteroatoms. The molecule has 1 aliphatic heterocycles. The van der Waals surface area contributed by atoms with Gasteiger partial charge in [-0.3, -0.25) is 4.79 Å². The molecule has 0 aromatic carbocycles. The molecule has 1 saturated heterocycles. The summed E-state index contributed by atoms with van der Waals surface area (Å²) in [5.74, 6) is 1.29. The van der Waals surface area contributed by atoms with Gasteiger partial charge in [0.1, 0.15) is 5.01 Å². The number of carbonyl (C=O) groups is 1. The van der Waals surface area contributed by atoms with Crippen LogP contribution in [0.1, 0.15) is 57.9 Å². The van der Waals surface area contributed by atoms with Crippen LogP contribution in [0, 0.1) is 11.8 Å². The Morgan fingerprint density at radius 3 is 2.38 bits per heavy atom. The van der Waals surface area contributed by atoms with Gasteiger partial charge in [-0.2, -0.15) is 0 Å². The molecule has 1 aromatic heterocycles. The summed E-state index contributed by atoms with van der Waals surface area (Å²) >= 11 is 1.72. The zero-order valence-corrected chi connectivity index (χ0v) is 16.2. The van der Waals surface area contributed by atoms with Crippen LogP contribution in [-0.4, -0.2) is 47.7 Å². The molecule has 0 N–H and O–H groups in total. The van der Waals surface area contributed by atoms with Crippen molar-refractivity contribution >= 4 is 22.4 Å². The minimum atomic E-state index is 0.0683. The van der Waals surface area contributed by atoms with Crippen molar-refractivity contribution in [1.82, 2.24) is 15.1 Å². The summed E-state index contributed by atoms with van der Waals surface area (Å²) in [7, 11) is 1.98. The molecule has 3 rings (SSSR count). The Balaban J connectivity index is 1.48. The first-order valence-corrected chi connectivity index (χ1v) is 10.00. The van der Waals surface area contributed by atoms with Crippen molar-refractivity contribution in [3.8, 4) is 0 Å². The van der Waals surface area contributed by atoms with Crippen LogP contribution in [0.4, 0.5) is 5.13 Å². The topological polar surface area (TPSA) is 49.3 Å². The van der Waals surface area contributed by atoms with E-state index in [9.17, 15) is 4.79 Å². The summed E-state index contributed by atoms with van der Waals surface area (Å²) in [5, 5.41) is 10.9. The maximum atomic E-state index is 12.3. The molecule has 1 aliphatic carbocycles. The summed E-state index contributed by atoms with van der Waals surface area (Å²) in [6.07, 6.45) is 5.67. The third kappa shape index (κ3) is 3.90. The molecule has 0 radical (unpaired) electrons. The van der Waals surface area contributed by atoms with Crippen LogP contribution in [0.3, 0.4) is 0 Å². The smallest absolute Gasteiger partial charge is 0.225 e. The maximum Gasteiger partial charge on any atom is 0.225 e. The highest BCUT2D eigenvalue weighted by atomic mass is 32.1. The molecule has 2 fully saturated rings. The minimum absolute atomic E-state index is 0.0683. The molecule has 1 saturated carbocycles. The van der Waals surface area contributed by atoms with Crippen molar-refractivity contribution in [2.75, 3.05) is 31.6 Å². The van der Waals surface area contributed by atoms with Crippen LogP contribution in [0.25, 0.3) is 0 Å². The SMILES string of the molecule is CN(CC1CCN(c2nnc(C(C)(C)C)s2)CC1)C(=O)C1CCC1. The molecule has 0 bridgehead atoms. The van der Waals surface area contributed by atoms with Crippen molar-refractivity contribution < 1.29 is 4.79 Å². The van der Waals surface area contributed by atoms with Gasteiger partial charge in [-0.25, -0.2) is 0 Å². The monoisotopic (exact) mass is 350 g/mol. The number of carbonyl (C=O) groups excluding carboxylic acids is 1. The lowest BCUT2D eigenvalue weighted by atomic mass is 9.84. The highest BCUT2D eigenvalue weighted by molar-refractivity contribution is 7.15. The maximum absolute atomic E-state index is 12.3. The number of hydrogen-bond donors (Lipinski definition) is 0. The molecule has 24 heavy (non-hydrogen) atoms. The zero-order chi connectivity index (χ0) is 17.3. The second kappa shape index (κ2) is 6.98. The first kappa shape index (κ1) is 17.6. The number of amides is 1. The van der Waals surface area contributed by atoms with Gasteiger partial charge in [-0.15, -0.1) is 10.2 Å². The number of hydrogen-bond acceptors (Lipinski definition) is 5. The summed E-state index contributed by atoms with van der Waals surface area (Å²) in [5.41, 5.74) is 0.0683. The molecule has 2 aliphatic rings. The van der Waals surface area contributed by atoms with E-state index in [0.29, 0.717) is 17.7 Å². The number of rotatable bonds is 4. The van der Waals surface area contributed by atoms with E-state index in [0.717, 1.165) is 55.5 Å². The number of anilines is 1. The van der Waals surface area contributed by atoms with E-state index in [-0.39, 0.29) is 5.41 Å². The third-order valence-corrected chi connectivity index (χ3v) is 6.71. The molecule has 1 amide bonds. The van der Waals surface area contributed by atoms with Crippen molar-refractivity contribution in [2.45, 2.75) is 58.3 Å². The minimum Gasteiger partial charge on any atom is -0.347 e. The van der Waals surface area contributed by atoms with E-state index in [1.54, 1.807) is 11.3 Å². The van der Waals surface area contributed by atoms with E-state index >= 15 is 0 Å². The predicted molar refractivity (Wildman–Crippen MR) is 98.5 cm³/mol. The van der Waals surface area contributed by atoms with E-state index in [4.69, 9.17) is 0 Å². The third-order valence-electron chi connectivity index (χ3n) is 5.30. The van der Waals surface area contributed by atoms with Gasteiger partial charge in [0.2, 0.25) is 11.0 Å². The molecular formula is C18H30N4OS. The quantitative estimate of drug-likeness (QED) is 0.836. The fraction of sp³-hybridized carbons (Fsp3) is 0.833. The van der Waals surface area contributed by atoms with Crippen LogP contribution >= 0.6 is 11.3 Å². The van der Waals surface area contributed by atoms with Gasteiger partial charge >= 0.3 is 0 Å². The Morgan fingerprint density at radius 2 is 1.88 bits per heavy atom. The van der Waals surface area contributed by atoms with Gasteiger partial charge in [0.25, 0.3) is 0 Å². The Morgan fingerprint density at radius 1 is 1.21 bits per heavy atom. The molecule has 0 atom stereocenters. The Labute approximate surface area is 149 Å². The average molecular weight is 351 g/mol. The standard InChI is InChI=1S/C18H30N4OS/c1-18(2,3)16-19-20-17(24-16)22-10-8-13(9-11-22)12-21(4)15(23)14-6-5-7-14/h13-14H,5-12H2,1-4H3. The molecule has 5 nitrogen and oxygen atoms in total. The predicted octanol–water partition coefficient (Wildman–Crippen LogP) is 3.31. The lowest BCUT2D eigenvalue weighted by Crippen LogP contribution is -2.42. The first-order valence-electron chi connectivity index (χ1n) is 9.18. The molecule has 134 valence electrons. The van der Waals surface area contributed by atoms with E-state index in [2.05, 4.69) is 35.9 Å². The normalized spacial score (nSPS) is 20.1. The number of nitrogens with zero attached hydrogens (tertiary/aromatic N) is 4. The van der Waals surface area contributed by atoms with Crippen LogP contribution < -0.4 is 4.90 Å². The highest BCUT2D eigenvalue weighted by Gasteiger charge is 2.30. The van der Waals surface area contributed by atoms with Gasteiger partial charge < -0.3 is 9.80 Å². The van der Waals surface area contributed by atoms with E-state index < -0.39 is 0 Å².